The number of carbonyl (C=O) groups excluding carboxylic acids is 1. The van der Waals surface area contributed by atoms with Crippen LogP contribution in [0.15, 0.2) is 0 Å². The average molecular weight is 358 g/mol. The molecule has 0 spiro atoms. The standard InChI is InChI=1S/C17H26N8O/c1-12-18-20-16-10-24(13(8-22(2)3)9-23(12)16)17(26)11-25-15-7-5-4-6-14(15)19-21-25/h13H,4-11H2,1-3H3. The van der Waals surface area contributed by atoms with Gasteiger partial charge in [0, 0.05) is 13.1 Å². The molecule has 1 aliphatic heterocycles. The van der Waals surface area contributed by atoms with Crippen molar-refractivity contribution in [1.29, 1.82) is 0 Å². The van der Waals surface area contributed by atoms with Crippen LogP contribution in [0.5, 0.6) is 0 Å². The van der Waals surface area contributed by atoms with Gasteiger partial charge in [0.25, 0.3) is 0 Å². The molecule has 1 unspecified atom stereocenters. The normalized spacial score (nSPS) is 19.5. The first kappa shape index (κ1) is 17.1. The molecule has 0 radical (unpaired) electrons. The minimum absolute atomic E-state index is 0.0713. The molecule has 0 fully saturated rings. The number of hydrogen-bond acceptors (Lipinski definition) is 6. The lowest BCUT2D eigenvalue weighted by Gasteiger charge is -2.37. The van der Waals surface area contributed by atoms with Gasteiger partial charge < -0.3 is 14.4 Å². The third kappa shape index (κ3) is 3.11. The van der Waals surface area contributed by atoms with Crippen molar-refractivity contribution in [2.45, 2.75) is 58.3 Å². The quantitative estimate of drug-likeness (QED) is 0.767. The van der Waals surface area contributed by atoms with Gasteiger partial charge in [-0.15, -0.1) is 15.3 Å². The molecule has 1 amide bonds. The number of nitrogens with zero attached hydrogens (tertiary/aromatic N) is 8. The topological polar surface area (TPSA) is 85.0 Å². The highest BCUT2D eigenvalue weighted by atomic mass is 16.2. The molecular formula is C17H26N8O. The van der Waals surface area contributed by atoms with Crippen LogP contribution in [0, 0.1) is 6.92 Å². The predicted octanol–water partition coefficient (Wildman–Crippen LogP) is 0.0294. The summed E-state index contributed by atoms with van der Waals surface area (Å²) in [4.78, 5) is 17.2. The zero-order chi connectivity index (χ0) is 18.3. The van der Waals surface area contributed by atoms with E-state index in [1.807, 2.05) is 25.9 Å². The molecule has 0 saturated carbocycles. The zero-order valence-corrected chi connectivity index (χ0v) is 15.7. The van der Waals surface area contributed by atoms with Gasteiger partial charge in [-0.05, 0) is 46.7 Å². The van der Waals surface area contributed by atoms with E-state index in [0.29, 0.717) is 6.54 Å². The van der Waals surface area contributed by atoms with Crippen molar-refractivity contribution in [3.05, 3.63) is 23.0 Å². The molecule has 26 heavy (non-hydrogen) atoms. The maximum atomic E-state index is 13.1. The molecule has 9 heteroatoms. The van der Waals surface area contributed by atoms with E-state index in [-0.39, 0.29) is 18.5 Å². The zero-order valence-electron chi connectivity index (χ0n) is 15.7. The van der Waals surface area contributed by atoms with E-state index in [0.717, 1.165) is 61.8 Å². The SMILES string of the molecule is Cc1nnc2n1CC(CN(C)C)N(C(=O)Cn1nnc3c1CCCC3)C2. The van der Waals surface area contributed by atoms with Crippen LogP contribution in [0.3, 0.4) is 0 Å². The summed E-state index contributed by atoms with van der Waals surface area (Å²) in [6.45, 7) is 4.24. The largest absolute Gasteiger partial charge is 0.327 e. The Hall–Kier alpha value is -2.29. The summed E-state index contributed by atoms with van der Waals surface area (Å²) in [6.07, 6.45) is 4.23. The summed E-state index contributed by atoms with van der Waals surface area (Å²) in [5.74, 6) is 1.83. The number of rotatable bonds is 4. The molecule has 0 aromatic carbocycles. The van der Waals surface area contributed by atoms with Crippen LogP contribution >= 0.6 is 0 Å². The van der Waals surface area contributed by atoms with E-state index < -0.39 is 0 Å². The van der Waals surface area contributed by atoms with Crippen molar-refractivity contribution < 1.29 is 4.79 Å². The molecule has 3 heterocycles. The van der Waals surface area contributed by atoms with Crippen molar-refractivity contribution in [3.8, 4) is 0 Å². The second-order valence-corrected chi connectivity index (χ2v) is 7.56. The van der Waals surface area contributed by atoms with Crippen LogP contribution < -0.4 is 0 Å². The van der Waals surface area contributed by atoms with E-state index in [1.54, 1.807) is 4.68 Å². The number of carbonyl (C=O) groups is 1. The predicted molar refractivity (Wildman–Crippen MR) is 94.3 cm³/mol. The molecular weight excluding hydrogens is 332 g/mol. The minimum Gasteiger partial charge on any atom is -0.327 e. The molecule has 0 N–H and O–H groups in total. The number of likely N-dealkylation sites (N-methyl/N-ethyl adjacent to an activating group) is 1. The molecule has 4 rings (SSSR count). The molecule has 2 aromatic heterocycles. The maximum absolute atomic E-state index is 13.1. The van der Waals surface area contributed by atoms with Gasteiger partial charge in [0.2, 0.25) is 5.91 Å². The fourth-order valence-corrected chi connectivity index (χ4v) is 4.01. The van der Waals surface area contributed by atoms with Gasteiger partial charge >= 0.3 is 0 Å². The van der Waals surface area contributed by atoms with Crippen LogP contribution in [0.1, 0.15) is 35.9 Å². The van der Waals surface area contributed by atoms with Crippen molar-refractivity contribution in [2.24, 2.45) is 0 Å². The molecule has 140 valence electrons. The lowest BCUT2D eigenvalue weighted by molar-refractivity contribution is -0.137. The second-order valence-electron chi connectivity index (χ2n) is 7.56. The maximum Gasteiger partial charge on any atom is 0.245 e. The smallest absolute Gasteiger partial charge is 0.245 e. The first-order chi connectivity index (χ1) is 12.5. The van der Waals surface area contributed by atoms with E-state index >= 15 is 0 Å². The van der Waals surface area contributed by atoms with Gasteiger partial charge in [0.05, 0.1) is 24.0 Å². The highest BCUT2D eigenvalue weighted by Crippen LogP contribution is 2.21. The first-order valence-electron chi connectivity index (χ1n) is 9.27. The number of aromatic nitrogens is 6. The fraction of sp³-hybridized carbons (Fsp3) is 0.706. The van der Waals surface area contributed by atoms with E-state index in [1.165, 1.54) is 0 Å². The van der Waals surface area contributed by atoms with E-state index in [2.05, 4.69) is 30.0 Å². The Labute approximate surface area is 153 Å². The highest BCUT2D eigenvalue weighted by molar-refractivity contribution is 5.76. The molecule has 1 atom stereocenters. The van der Waals surface area contributed by atoms with Crippen molar-refractivity contribution >= 4 is 5.91 Å². The van der Waals surface area contributed by atoms with E-state index in [4.69, 9.17) is 0 Å². The summed E-state index contributed by atoms with van der Waals surface area (Å²) in [5.41, 5.74) is 2.19. The summed E-state index contributed by atoms with van der Waals surface area (Å²) in [6, 6.07) is 0.0963. The number of amides is 1. The van der Waals surface area contributed by atoms with Crippen LogP contribution in [-0.4, -0.2) is 72.1 Å². The van der Waals surface area contributed by atoms with E-state index in [9.17, 15) is 4.79 Å². The van der Waals surface area contributed by atoms with Crippen molar-refractivity contribution in [3.63, 3.8) is 0 Å². The third-order valence-corrected chi connectivity index (χ3v) is 5.33. The van der Waals surface area contributed by atoms with Crippen LogP contribution in [0.4, 0.5) is 0 Å². The molecule has 9 nitrogen and oxygen atoms in total. The average Bonchev–Trinajstić information content (AvgIpc) is 3.18. The lowest BCUT2D eigenvalue weighted by Crippen LogP contribution is -2.51. The van der Waals surface area contributed by atoms with Gasteiger partial charge in [-0.3, -0.25) is 4.79 Å². The van der Waals surface area contributed by atoms with Gasteiger partial charge in [-0.1, -0.05) is 5.21 Å². The Morgan fingerprint density at radius 3 is 2.81 bits per heavy atom. The van der Waals surface area contributed by atoms with Crippen molar-refractivity contribution in [1.82, 2.24) is 39.6 Å². The summed E-state index contributed by atoms with van der Waals surface area (Å²) >= 11 is 0. The first-order valence-corrected chi connectivity index (χ1v) is 9.27. The molecule has 2 aromatic rings. The molecule has 0 saturated heterocycles. The monoisotopic (exact) mass is 358 g/mol. The number of fused-ring (bicyclic) bond motifs is 2. The Morgan fingerprint density at radius 2 is 2.00 bits per heavy atom. The minimum atomic E-state index is 0.0713. The number of hydrogen-bond donors (Lipinski definition) is 0. The van der Waals surface area contributed by atoms with Gasteiger partial charge in [0.15, 0.2) is 5.82 Å². The summed E-state index contributed by atoms with van der Waals surface area (Å²) in [5, 5.41) is 16.9. The Kier molecular flexibility index (Phi) is 4.47. The molecule has 0 bridgehead atoms. The van der Waals surface area contributed by atoms with Crippen LogP contribution in [-0.2, 0) is 37.3 Å². The summed E-state index contributed by atoms with van der Waals surface area (Å²) < 4.78 is 3.92. The summed E-state index contributed by atoms with van der Waals surface area (Å²) in [7, 11) is 4.07. The Bertz CT molecular complexity index is 808. The van der Waals surface area contributed by atoms with Crippen LogP contribution in [0.2, 0.25) is 0 Å². The second kappa shape index (κ2) is 6.79. The van der Waals surface area contributed by atoms with Gasteiger partial charge in [-0.2, -0.15) is 0 Å². The lowest BCUT2D eigenvalue weighted by atomic mass is 10.0. The highest BCUT2D eigenvalue weighted by Gasteiger charge is 2.32. The number of aryl methyl sites for hydroxylation is 2. The third-order valence-electron chi connectivity index (χ3n) is 5.33. The van der Waals surface area contributed by atoms with Gasteiger partial charge in [0.1, 0.15) is 12.4 Å². The van der Waals surface area contributed by atoms with Crippen LogP contribution in [0.25, 0.3) is 0 Å². The fourth-order valence-electron chi connectivity index (χ4n) is 4.01. The molecule has 2 aliphatic rings. The molecule has 1 aliphatic carbocycles. The van der Waals surface area contributed by atoms with Gasteiger partial charge in [-0.25, -0.2) is 4.68 Å². The Balaban J connectivity index is 1.56. The van der Waals surface area contributed by atoms with Crippen molar-refractivity contribution in [2.75, 3.05) is 20.6 Å². The Morgan fingerprint density at radius 1 is 1.19 bits per heavy atom.